The van der Waals surface area contributed by atoms with Gasteiger partial charge in [-0.1, -0.05) is 152 Å². The smallest absolute Gasteiger partial charge is 0.297 e. The Morgan fingerprint density at radius 1 is 0.521 bits per heavy atom. The highest BCUT2D eigenvalue weighted by atomic mass is 16.3. The van der Waals surface area contributed by atoms with Crippen LogP contribution in [0.25, 0.3) is 22.1 Å². The summed E-state index contributed by atoms with van der Waals surface area (Å²) in [7, 11) is 0. The van der Waals surface area contributed by atoms with Gasteiger partial charge in [-0.2, -0.15) is 0 Å². The molecule has 6 aromatic carbocycles. The van der Waals surface area contributed by atoms with Crippen LogP contribution in [0.1, 0.15) is 194 Å². The zero-order valence-corrected chi connectivity index (χ0v) is 45.6. The summed E-state index contributed by atoms with van der Waals surface area (Å²) in [6, 6.07) is 26.9. The van der Waals surface area contributed by atoms with E-state index in [-0.39, 0.29) is 80.4 Å². The van der Waals surface area contributed by atoms with Gasteiger partial charge in [0.15, 0.2) is 0 Å². The Morgan fingerprint density at radius 2 is 0.986 bits per heavy atom. The second-order valence-electron chi connectivity index (χ2n) is 27.5. The molecule has 3 aliphatic carbocycles. The van der Waals surface area contributed by atoms with Crippen molar-refractivity contribution < 1.29 is 11.3 Å². The Bertz CT molecular complexity index is 3650. The van der Waals surface area contributed by atoms with E-state index in [9.17, 15) is 2.74 Å². The van der Waals surface area contributed by atoms with E-state index >= 15 is 0 Å². The number of nitrogens with zero attached hydrogens (tertiary/aromatic N) is 2. The fourth-order valence-electron chi connectivity index (χ4n) is 13.7. The molecule has 0 amide bonds. The minimum Gasteiger partial charge on any atom is -0.468 e. The van der Waals surface area contributed by atoms with E-state index in [2.05, 4.69) is 193 Å². The van der Waals surface area contributed by atoms with E-state index in [1.165, 1.54) is 33.4 Å². The second kappa shape index (κ2) is 14.8. The molecule has 0 bridgehead atoms. The average Bonchev–Trinajstić information content (AvgIpc) is 3.73. The van der Waals surface area contributed by atoms with Crippen LogP contribution in [0.4, 0.5) is 34.1 Å². The van der Waals surface area contributed by atoms with Crippen molar-refractivity contribution in [1.29, 1.82) is 0 Å². The number of hydrogen-bond acceptors (Lipinski definition) is 3. The van der Waals surface area contributed by atoms with Crippen molar-refractivity contribution in [3.8, 4) is 11.1 Å². The van der Waals surface area contributed by atoms with Crippen molar-refractivity contribution in [3.63, 3.8) is 0 Å². The predicted octanol–water partition coefficient (Wildman–Crippen LogP) is 16.8. The number of aryl methyl sites for hydroxylation is 1. The summed E-state index contributed by atoms with van der Waals surface area (Å²) in [4.78, 5) is 4.94. The largest absolute Gasteiger partial charge is 0.468 e. The standard InChI is InChI=1S/C67H77BN2O/c1-40-32-55-58-56(33-40)70(53-37-49-46(62(5,6)26-29-65(49,11)12)34-44(53)41-20-18-17-19-21-41)54-38-50-48(64(9,10)28-30-66(50,13)14)36-52(54)68(58)60-59(69(55)43-24-22-42(23-25-43)61(2,3)4)45-35-47-51(39-57(45)71-60)67(15,16)31-27-63(47,7)8/h17-25,32-39H,26-31H2,1-16H3/i17D,18D,19D,20D,21D. The second-order valence-corrected chi connectivity index (χ2v) is 27.5. The van der Waals surface area contributed by atoms with Gasteiger partial charge in [-0.25, -0.2) is 0 Å². The van der Waals surface area contributed by atoms with Crippen molar-refractivity contribution in [3.05, 3.63) is 148 Å². The van der Waals surface area contributed by atoms with Crippen LogP contribution in [-0.4, -0.2) is 6.71 Å². The zero-order chi connectivity index (χ0) is 54.7. The summed E-state index contributed by atoms with van der Waals surface area (Å²) >= 11 is 0. The number of hydrogen-bond donors (Lipinski definition) is 0. The van der Waals surface area contributed by atoms with Gasteiger partial charge in [0.2, 0.25) is 0 Å². The van der Waals surface area contributed by atoms with Crippen molar-refractivity contribution in [2.24, 2.45) is 0 Å². The van der Waals surface area contributed by atoms with E-state index in [0.29, 0.717) is 5.56 Å². The van der Waals surface area contributed by atoms with Crippen LogP contribution < -0.4 is 26.4 Å². The number of furan rings is 1. The zero-order valence-electron chi connectivity index (χ0n) is 50.6. The van der Waals surface area contributed by atoms with Gasteiger partial charge in [0, 0.05) is 33.7 Å². The van der Waals surface area contributed by atoms with Gasteiger partial charge < -0.3 is 14.2 Å². The minimum absolute atomic E-state index is 0.0198. The first-order valence-corrected chi connectivity index (χ1v) is 26.7. The SMILES string of the molecule is [2H]c1c([2H])c([2H])c(-c2cc3c(cc2N2c4cc5c(cc4B4c6oc7cc8c(cc7c6N(c6ccc(C(C)(C)C)cc6)c6cc(C)cc2c64)C(C)(C)CCC8(C)C)C(C)(C)CCC5(C)C)C(C)(C)CCC3(C)C)c([2H])c1[2H]. The fraction of sp³-hybridized carbons (Fsp3) is 0.433. The van der Waals surface area contributed by atoms with Gasteiger partial charge in [0.1, 0.15) is 5.58 Å². The molecule has 4 heteroatoms. The van der Waals surface area contributed by atoms with E-state index in [1.807, 2.05) is 0 Å². The lowest BCUT2D eigenvalue weighted by molar-refractivity contribution is 0.332. The average molecular weight is 942 g/mol. The summed E-state index contributed by atoms with van der Waals surface area (Å²) in [6.45, 7) is 37.2. The minimum atomic E-state index is -0.389. The summed E-state index contributed by atoms with van der Waals surface area (Å²) in [5, 5.41) is 1.12. The third-order valence-corrected chi connectivity index (χ3v) is 18.7. The van der Waals surface area contributed by atoms with Crippen LogP contribution in [0, 0.1) is 6.92 Å². The molecule has 0 saturated heterocycles. The van der Waals surface area contributed by atoms with Crippen LogP contribution >= 0.6 is 0 Å². The van der Waals surface area contributed by atoms with E-state index in [0.717, 1.165) is 111 Å². The van der Waals surface area contributed by atoms with Crippen LogP contribution in [0.2, 0.25) is 0 Å². The molecule has 3 heterocycles. The molecule has 0 unspecified atom stereocenters. The molecule has 0 atom stereocenters. The fourth-order valence-corrected chi connectivity index (χ4v) is 13.7. The first kappa shape index (κ1) is 41.0. The molecule has 5 aliphatic rings. The molecule has 7 aromatic rings. The molecule has 1 aromatic heterocycles. The van der Waals surface area contributed by atoms with Crippen LogP contribution in [0.5, 0.6) is 0 Å². The first-order valence-electron chi connectivity index (χ1n) is 29.2. The van der Waals surface area contributed by atoms with E-state index in [1.54, 1.807) is 0 Å². The van der Waals surface area contributed by atoms with Gasteiger partial charge in [-0.05, 0) is 199 Å². The van der Waals surface area contributed by atoms with Crippen molar-refractivity contribution >= 4 is 68.4 Å². The van der Waals surface area contributed by atoms with E-state index < -0.39 is 0 Å². The number of anilines is 6. The summed E-state index contributed by atoms with van der Waals surface area (Å²) in [5.74, 6) is 0. The third-order valence-electron chi connectivity index (χ3n) is 18.7. The normalized spacial score (nSPS) is 21.4. The molecular weight excluding hydrogens is 860 g/mol. The van der Waals surface area contributed by atoms with Gasteiger partial charge in [-0.3, -0.25) is 0 Å². The van der Waals surface area contributed by atoms with Crippen molar-refractivity contribution in [2.75, 3.05) is 9.80 Å². The lowest BCUT2D eigenvalue weighted by atomic mass is 9.35. The number of fused-ring (bicyclic) bond motifs is 9. The lowest BCUT2D eigenvalue weighted by Gasteiger charge is -2.47. The molecule has 0 radical (unpaired) electrons. The predicted molar refractivity (Wildman–Crippen MR) is 305 cm³/mol. The monoisotopic (exact) mass is 942 g/mol. The highest BCUT2D eigenvalue weighted by molar-refractivity contribution is 7.00. The van der Waals surface area contributed by atoms with Crippen LogP contribution in [0.15, 0.2) is 107 Å². The Morgan fingerprint density at radius 3 is 1.52 bits per heavy atom. The lowest BCUT2D eigenvalue weighted by Crippen LogP contribution is -2.61. The Labute approximate surface area is 433 Å². The van der Waals surface area contributed by atoms with Crippen molar-refractivity contribution in [1.82, 2.24) is 0 Å². The highest BCUT2D eigenvalue weighted by Gasteiger charge is 2.50. The topological polar surface area (TPSA) is 19.6 Å². The highest BCUT2D eigenvalue weighted by Crippen LogP contribution is 2.56. The molecule has 3 nitrogen and oxygen atoms in total. The molecule has 364 valence electrons. The molecule has 0 N–H and O–H groups in total. The molecule has 2 aliphatic heterocycles. The number of rotatable bonds is 3. The molecule has 0 saturated carbocycles. The van der Waals surface area contributed by atoms with Gasteiger partial charge >= 0.3 is 0 Å². The van der Waals surface area contributed by atoms with Gasteiger partial charge in [0.25, 0.3) is 6.71 Å². The van der Waals surface area contributed by atoms with Crippen molar-refractivity contribution in [2.45, 2.75) is 187 Å². The summed E-state index contributed by atoms with van der Waals surface area (Å²) in [5.41, 5.74) is 20.5. The Balaban J connectivity index is 1.26. The summed E-state index contributed by atoms with van der Waals surface area (Å²) in [6.07, 6.45) is 6.26. The molecule has 0 spiro atoms. The molecule has 12 rings (SSSR count). The van der Waals surface area contributed by atoms with E-state index in [4.69, 9.17) is 8.53 Å². The quantitative estimate of drug-likeness (QED) is 0.165. The molecule has 0 fully saturated rings. The summed E-state index contributed by atoms with van der Waals surface area (Å²) < 4.78 is 53.9. The van der Waals surface area contributed by atoms with Gasteiger partial charge in [-0.15, -0.1) is 0 Å². The third kappa shape index (κ3) is 6.88. The number of benzene rings is 6. The van der Waals surface area contributed by atoms with Gasteiger partial charge in [0.05, 0.1) is 23.9 Å². The Hall–Kier alpha value is -5.48. The Kier molecular flexibility index (Phi) is 8.57. The maximum Gasteiger partial charge on any atom is 0.297 e. The molecular formula is C67H77BN2O. The van der Waals surface area contributed by atoms with Crippen LogP contribution in [0.3, 0.4) is 0 Å². The maximum atomic E-state index is 9.66. The van der Waals surface area contributed by atoms with Crippen LogP contribution in [-0.2, 0) is 37.9 Å². The first-order chi connectivity index (χ1) is 35.3. The maximum absolute atomic E-state index is 9.66. The molecule has 71 heavy (non-hydrogen) atoms.